The Bertz CT molecular complexity index is 547. The van der Waals surface area contributed by atoms with Crippen LogP contribution in [0.25, 0.3) is 0 Å². The van der Waals surface area contributed by atoms with Crippen LogP contribution < -0.4 is 5.43 Å². The molecule has 0 saturated heterocycles. The van der Waals surface area contributed by atoms with Gasteiger partial charge in [-0.05, 0) is 24.5 Å². The fourth-order valence-corrected chi connectivity index (χ4v) is 3.09. The molecule has 1 unspecified atom stereocenters. The summed E-state index contributed by atoms with van der Waals surface area (Å²) in [5, 5.41) is 9.16. The average Bonchev–Trinajstić information content (AvgIpc) is 2.80. The van der Waals surface area contributed by atoms with Gasteiger partial charge in [0.15, 0.2) is 0 Å². The third-order valence-corrected chi connectivity index (χ3v) is 4.27. The molecule has 18 heavy (non-hydrogen) atoms. The largest absolute Gasteiger partial charge is 0.314 e. The molecule has 1 aliphatic rings. The Labute approximate surface area is 111 Å². The van der Waals surface area contributed by atoms with Gasteiger partial charge in [-0.15, -0.1) is 10.2 Å². The molecule has 2 aromatic rings. The van der Waals surface area contributed by atoms with E-state index in [1.807, 2.05) is 11.6 Å². The zero-order valence-electron chi connectivity index (χ0n) is 10.6. The SMILES string of the molecule is CCc1ccc(C2CSc3nnc(C)n3N2)cc1. The molecule has 0 spiro atoms. The first-order valence-electron chi connectivity index (χ1n) is 6.18. The maximum absolute atomic E-state index is 4.13. The number of nitrogens with one attached hydrogen (secondary N) is 1. The van der Waals surface area contributed by atoms with Gasteiger partial charge in [0.25, 0.3) is 0 Å². The van der Waals surface area contributed by atoms with E-state index >= 15 is 0 Å². The molecule has 2 heterocycles. The van der Waals surface area contributed by atoms with E-state index in [0.717, 1.165) is 23.2 Å². The molecule has 0 amide bonds. The molecule has 0 fully saturated rings. The van der Waals surface area contributed by atoms with Crippen molar-refractivity contribution in [1.82, 2.24) is 14.9 Å². The van der Waals surface area contributed by atoms with Crippen molar-refractivity contribution in [2.45, 2.75) is 31.5 Å². The van der Waals surface area contributed by atoms with Gasteiger partial charge in [-0.25, -0.2) is 4.68 Å². The highest BCUT2D eigenvalue weighted by atomic mass is 32.2. The molecule has 0 radical (unpaired) electrons. The van der Waals surface area contributed by atoms with Gasteiger partial charge in [-0.2, -0.15) is 0 Å². The summed E-state index contributed by atoms with van der Waals surface area (Å²) in [7, 11) is 0. The number of rotatable bonds is 2. The molecule has 1 aliphatic heterocycles. The van der Waals surface area contributed by atoms with Gasteiger partial charge in [-0.3, -0.25) is 0 Å². The number of hydrogen-bond donors (Lipinski definition) is 1. The molecule has 0 saturated carbocycles. The van der Waals surface area contributed by atoms with E-state index < -0.39 is 0 Å². The molecule has 1 aromatic heterocycles. The molecule has 94 valence electrons. The first kappa shape index (κ1) is 11.6. The third kappa shape index (κ3) is 1.99. The number of nitrogens with zero attached hydrogens (tertiary/aromatic N) is 3. The highest BCUT2D eigenvalue weighted by molar-refractivity contribution is 7.99. The lowest BCUT2D eigenvalue weighted by molar-refractivity contribution is 0.646. The Balaban J connectivity index is 1.84. The number of hydrogen-bond acceptors (Lipinski definition) is 4. The summed E-state index contributed by atoms with van der Waals surface area (Å²) in [6, 6.07) is 9.15. The number of fused-ring (bicyclic) bond motifs is 1. The monoisotopic (exact) mass is 260 g/mol. The molecule has 0 bridgehead atoms. The third-order valence-electron chi connectivity index (χ3n) is 3.25. The highest BCUT2D eigenvalue weighted by Gasteiger charge is 2.22. The van der Waals surface area contributed by atoms with Crippen molar-refractivity contribution in [3.63, 3.8) is 0 Å². The smallest absolute Gasteiger partial charge is 0.210 e. The highest BCUT2D eigenvalue weighted by Crippen LogP contribution is 2.29. The number of benzene rings is 1. The Hall–Kier alpha value is -1.49. The first-order chi connectivity index (χ1) is 8.78. The second-order valence-corrected chi connectivity index (χ2v) is 5.44. The van der Waals surface area contributed by atoms with Crippen LogP contribution in [0.3, 0.4) is 0 Å². The minimum Gasteiger partial charge on any atom is -0.314 e. The summed E-state index contributed by atoms with van der Waals surface area (Å²) in [4.78, 5) is 0. The molecule has 5 heteroatoms. The van der Waals surface area contributed by atoms with E-state index in [4.69, 9.17) is 0 Å². The summed E-state index contributed by atoms with van der Waals surface area (Å²) < 4.78 is 1.98. The Morgan fingerprint density at radius 1 is 1.33 bits per heavy atom. The zero-order chi connectivity index (χ0) is 12.5. The maximum atomic E-state index is 4.13. The summed E-state index contributed by atoms with van der Waals surface area (Å²) in [5.74, 6) is 1.90. The van der Waals surface area contributed by atoms with Gasteiger partial charge in [0, 0.05) is 5.75 Å². The molecule has 1 atom stereocenters. The van der Waals surface area contributed by atoms with Crippen molar-refractivity contribution < 1.29 is 0 Å². The van der Waals surface area contributed by atoms with E-state index in [1.54, 1.807) is 11.8 Å². The van der Waals surface area contributed by atoms with Crippen molar-refractivity contribution in [1.29, 1.82) is 0 Å². The normalized spacial score (nSPS) is 18.2. The van der Waals surface area contributed by atoms with Crippen LogP contribution in [0.4, 0.5) is 0 Å². The van der Waals surface area contributed by atoms with E-state index in [2.05, 4.69) is 46.8 Å². The fourth-order valence-electron chi connectivity index (χ4n) is 2.09. The van der Waals surface area contributed by atoms with Crippen molar-refractivity contribution in [3.05, 3.63) is 41.2 Å². The van der Waals surface area contributed by atoms with Crippen LogP contribution in [-0.2, 0) is 6.42 Å². The van der Waals surface area contributed by atoms with E-state index in [1.165, 1.54) is 11.1 Å². The fraction of sp³-hybridized carbons (Fsp3) is 0.385. The van der Waals surface area contributed by atoms with Gasteiger partial charge in [0.05, 0.1) is 6.04 Å². The molecular formula is C13H16N4S. The molecule has 4 nitrogen and oxygen atoms in total. The van der Waals surface area contributed by atoms with Crippen molar-refractivity contribution in [2.24, 2.45) is 0 Å². The van der Waals surface area contributed by atoms with Gasteiger partial charge in [0.1, 0.15) is 5.82 Å². The zero-order valence-corrected chi connectivity index (χ0v) is 11.4. The van der Waals surface area contributed by atoms with Crippen LogP contribution in [0.2, 0.25) is 0 Å². The van der Waals surface area contributed by atoms with Crippen LogP contribution in [0.15, 0.2) is 29.4 Å². The Kier molecular flexibility index (Phi) is 2.99. The Morgan fingerprint density at radius 3 is 2.83 bits per heavy atom. The standard InChI is InChI=1S/C13H16N4S/c1-3-10-4-6-11(7-5-10)12-8-18-13-15-14-9(2)17(13)16-12/h4-7,12,16H,3,8H2,1-2H3. The van der Waals surface area contributed by atoms with E-state index in [9.17, 15) is 0 Å². The summed E-state index contributed by atoms with van der Waals surface area (Å²) in [6.45, 7) is 4.14. The number of aromatic nitrogens is 3. The summed E-state index contributed by atoms with van der Waals surface area (Å²) in [6.07, 6.45) is 1.09. The lowest BCUT2D eigenvalue weighted by Crippen LogP contribution is -2.28. The van der Waals surface area contributed by atoms with E-state index in [-0.39, 0.29) is 0 Å². The van der Waals surface area contributed by atoms with E-state index in [0.29, 0.717) is 6.04 Å². The lowest BCUT2D eigenvalue weighted by atomic mass is 10.1. The predicted octanol–water partition coefficient (Wildman–Crippen LogP) is 2.54. The van der Waals surface area contributed by atoms with Crippen molar-refractivity contribution in [2.75, 3.05) is 11.2 Å². The maximum Gasteiger partial charge on any atom is 0.210 e. The number of thioether (sulfide) groups is 1. The topological polar surface area (TPSA) is 42.7 Å². The second-order valence-electron chi connectivity index (χ2n) is 4.45. The minimum absolute atomic E-state index is 0.322. The summed E-state index contributed by atoms with van der Waals surface area (Å²) >= 11 is 1.75. The second kappa shape index (κ2) is 4.65. The molecule has 1 N–H and O–H groups in total. The van der Waals surface area contributed by atoms with Crippen molar-refractivity contribution >= 4 is 11.8 Å². The first-order valence-corrected chi connectivity index (χ1v) is 7.16. The van der Waals surface area contributed by atoms with Gasteiger partial charge in [0.2, 0.25) is 5.16 Å². The minimum atomic E-state index is 0.322. The van der Waals surface area contributed by atoms with Gasteiger partial charge in [-0.1, -0.05) is 43.0 Å². The van der Waals surface area contributed by atoms with Crippen LogP contribution in [-0.4, -0.2) is 20.6 Å². The van der Waals surface area contributed by atoms with Gasteiger partial charge >= 0.3 is 0 Å². The number of aryl methyl sites for hydroxylation is 2. The van der Waals surface area contributed by atoms with Crippen LogP contribution in [0.1, 0.15) is 29.9 Å². The van der Waals surface area contributed by atoms with Crippen LogP contribution in [0.5, 0.6) is 0 Å². The van der Waals surface area contributed by atoms with Crippen molar-refractivity contribution in [3.8, 4) is 0 Å². The molecular weight excluding hydrogens is 244 g/mol. The van der Waals surface area contributed by atoms with Crippen LogP contribution >= 0.6 is 11.8 Å². The molecule has 3 rings (SSSR count). The molecule has 0 aliphatic carbocycles. The summed E-state index contributed by atoms with van der Waals surface area (Å²) in [5.41, 5.74) is 6.17. The predicted molar refractivity (Wildman–Crippen MR) is 73.4 cm³/mol. The average molecular weight is 260 g/mol. The molecule has 1 aromatic carbocycles. The Morgan fingerprint density at radius 2 is 2.11 bits per heavy atom. The quantitative estimate of drug-likeness (QED) is 0.901. The lowest BCUT2D eigenvalue weighted by Gasteiger charge is -2.26. The van der Waals surface area contributed by atoms with Gasteiger partial charge < -0.3 is 5.43 Å². The van der Waals surface area contributed by atoms with Crippen LogP contribution in [0, 0.1) is 6.92 Å².